The molecule has 0 aliphatic heterocycles. The van der Waals surface area contributed by atoms with E-state index in [-0.39, 0.29) is 17.3 Å². The van der Waals surface area contributed by atoms with Crippen LogP contribution in [0.1, 0.15) is 54.9 Å². The highest BCUT2D eigenvalue weighted by Gasteiger charge is 2.47. The van der Waals surface area contributed by atoms with E-state index >= 15 is 0 Å². The maximum atomic E-state index is 12.1. The van der Waals surface area contributed by atoms with Gasteiger partial charge in [0.15, 0.2) is 0 Å². The fraction of sp³-hybridized carbons (Fsp3) is 0.867. The minimum Gasteiger partial charge on any atom is -0.469 e. The second-order valence-corrected chi connectivity index (χ2v) is 6.86. The van der Waals surface area contributed by atoms with Crippen molar-refractivity contribution in [2.45, 2.75) is 54.9 Å². The fourth-order valence-electron chi connectivity index (χ4n) is 2.04. The van der Waals surface area contributed by atoms with Crippen molar-refractivity contribution in [3.05, 3.63) is 0 Å². The summed E-state index contributed by atoms with van der Waals surface area (Å²) >= 11 is 0. The predicted octanol–water partition coefficient (Wildman–Crippen LogP) is 3.79. The molecule has 0 N–H and O–H groups in total. The molecule has 0 saturated heterocycles. The summed E-state index contributed by atoms with van der Waals surface area (Å²) in [6.45, 7) is 13.9. The van der Waals surface area contributed by atoms with Crippen molar-refractivity contribution in [3.8, 4) is 6.07 Å². The van der Waals surface area contributed by atoms with Crippen LogP contribution in [-0.4, -0.2) is 13.1 Å². The number of carbonyl (C=O) groups excluding carboxylic acids is 1. The Balaban J connectivity index is 5.39. The average Bonchev–Trinajstić information content (AvgIpc) is 2.26. The van der Waals surface area contributed by atoms with Crippen LogP contribution in [0.2, 0.25) is 0 Å². The number of methoxy groups -OCH3 is 1. The smallest absolute Gasteiger partial charge is 0.311 e. The first kappa shape index (κ1) is 17.0. The quantitative estimate of drug-likeness (QED) is 0.700. The molecule has 0 spiro atoms. The molecule has 1 atom stereocenters. The molecule has 0 aromatic heterocycles. The number of hydrogen-bond donors (Lipinski definition) is 0. The van der Waals surface area contributed by atoms with Gasteiger partial charge in [0.05, 0.1) is 24.0 Å². The number of rotatable bonds is 5. The summed E-state index contributed by atoms with van der Waals surface area (Å²) in [4.78, 5) is 12.1. The Hall–Kier alpha value is -1.04. The lowest BCUT2D eigenvalue weighted by molar-refractivity contribution is -0.158. The average molecular weight is 253 g/mol. The second-order valence-electron chi connectivity index (χ2n) is 6.86. The van der Waals surface area contributed by atoms with Crippen molar-refractivity contribution >= 4 is 5.97 Å². The van der Waals surface area contributed by atoms with Crippen LogP contribution < -0.4 is 0 Å². The molecule has 104 valence electrons. The molecule has 3 heteroatoms. The van der Waals surface area contributed by atoms with Crippen LogP contribution in [0, 0.1) is 33.5 Å². The van der Waals surface area contributed by atoms with Crippen LogP contribution in [0.15, 0.2) is 0 Å². The van der Waals surface area contributed by atoms with E-state index in [1.807, 2.05) is 48.5 Å². The van der Waals surface area contributed by atoms with E-state index in [0.29, 0.717) is 6.42 Å². The van der Waals surface area contributed by atoms with Gasteiger partial charge in [-0.25, -0.2) is 0 Å². The highest BCUT2D eigenvalue weighted by Crippen LogP contribution is 2.49. The monoisotopic (exact) mass is 253 g/mol. The van der Waals surface area contributed by atoms with Gasteiger partial charge in [0.2, 0.25) is 0 Å². The maximum Gasteiger partial charge on any atom is 0.311 e. The molecule has 1 unspecified atom stereocenters. The molecule has 18 heavy (non-hydrogen) atoms. The number of nitriles is 1. The third-order valence-corrected chi connectivity index (χ3v) is 4.71. The molecule has 0 aromatic carbocycles. The van der Waals surface area contributed by atoms with Gasteiger partial charge in [-0.1, -0.05) is 27.7 Å². The van der Waals surface area contributed by atoms with Crippen molar-refractivity contribution < 1.29 is 9.53 Å². The Kier molecular flexibility index (Phi) is 4.99. The van der Waals surface area contributed by atoms with Gasteiger partial charge >= 0.3 is 5.97 Å². The van der Waals surface area contributed by atoms with Crippen molar-refractivity contribution in [1.29, 1.82) is 5.26 Å². The van der Waals surface area contributed by atoms with Crippen LogP contribution in [-0.2, 0) is 9.53 Å². The van der Waals surface area contributed by atoms with E-state index in [2.05, 4.69) is 6.07 Å². The summed E-state index contributed by atoms with van der Waals surface area (Å²) in [5, 5.41) is 9.29. The Morgan fingerprint density at radius 3 is 1.94 bits per heavy atom. The number of carbonyl (C=O) groups is 1. The van der Waals surface area contributed by atoms with Crippen LogP contribution in [0.25, 0.3) is 0 Å². The lowest BCUT2D eigenvalue weighted by atomic mass is 9.59. The molecule has 0 fully saturated rings. The van der Waals surface area contributed by atoms with Gasteiger partial charge in [-0.3, -0.25) is 4.79 Å². The number of nitrogens with zero attached hydrogens (tertiary/aromatic N) is 1. The van der Waals surface area contributed by atoms with Gasteiger partial charge in [-0.05, 0) is 38.5 Å². The van der Waals surface area contributed by atoms with Crippen LogP contribution in [0.5, 0.6) is 0 Å². The highest BCUT2D eigenvalue weighted by molar-refractivity contribution is 5.76. The molecule has 0 amide bonds. The molecular weight excluding hydrogens is 226 g/mol. The number of hydrogen-bond acceptors (Lipinski definition) is 3. The predicted molar refractivity (Wildman–Crippen MR) is 72.8 cm³/mol. The lowest BCUT2D eigenvalue weighted by Gasteiger charge is -2.43. The number of esters is 1. The number of ether oxygens (including phenoxy) is 1. The zero-order valence-electron chi connectivity index (χ0n) is 13.0. The molecule has 0 radical (unpaired) electrons. The Morgan fingerprint density at radius 2 is 1.67 bits per heavy atom. The van der Waals surface area contributed by atoms with E-state index in [4.69, 9.17) is 4.74 Å². The molecule has 0 aliphatic rings. The van der Waals surface area contributed by atoms with Crippen LogP contribution >= 0.6 is 0 Å². The van der Waals surface area contributed by atoms with E-state index in [1.54, 1.807) is 0 Å². The second kappa shape index (κ2) is 5.30. The first-order valence-corrected chi connectivity index (χ1v) is 6.44. The summed E-state index contributed by atoms with van der Waals surface area (Å²) in [5.74, 6) is -0.0296. The van der Waals surface area contributed by atoms with Gasteiger partial charge < -0.3 is 4.74 Å². The third kappa shape index (κ3) is 3.04. The Bertz CT molecular complexity index is 350. The van der Waals surface area contributed by atoms with Crippen molar-refractivity contribution in [2.24, 2.45) is 22.2 Å². The zero-order valence-corrected chi connectivity index (χ0v) is 13.0. The summed E-state index contributed by atoms with van der Waals surface area (Å²) < 4.78 is 4.95. The Labute approximate surface area is 112 Å². The summed E-state index contributed by atoms with van der Waals surface area (Å²) in [6.07, 6.45) is 0.630. The standard InChI is InChI=1S/C15H27NO2/c1-11(2)15(7,12(17)18-8)9-13(3,4)14(5,6)10-16/h11H,9H2,1-8H3. The molecule has 0 saturated carbocycles. The van der Waals surface area contributed by atoms with Gasteiger partial charge in [0.1, 0.15) is 0 Å². The summed E-state index contributed by atoms with van der Waals surface area (Å²) in [6, 6.07) is 2.35. The summed E-state index contributed by atoms with van der Waals surface area (Å²) in [7, 11) is 1.42. The third-order valence-electron chi connectivity index (χ3n) is 4.71. The SMILES string of the molecule is COC(=O)C(C)(CC(C)(C)C(C)(C)C#N)C(C)C. The van der Waals surface area contributed by atoms with Gasteiger partial charge in [-0.2, -0.15) is 5.26 Å². The van der Waals surface area contributed by atoms with Crippen molar-refractivity contribution in [3.63, 3.8) is 0 Å². The normalized spacial score (nSPS) is 16.0. The first-order chi connectivity index (χ1) is 7.94. The van der Waals surface area contributed by atoms with E-state index in [1.165, 1.54) is 7.11 Å². The van der Waals surface area contributed by atoms with Crippen molar-refractivity contribution in [1.82, 2.24) is 0 Å². The molecule has 0 bridgehead atoms. The maximum absolute atomic E-state index is 12.1. The fourth-order valence-corrected chi connectivity index (χ4v) is 2.04. The van der Waals surface area contributed by atoms with Gasteiger partial charge in [0, 0.05) is 0 Å². The molecule has 0 rings (SSSR count). The minimum atomic E-state index is -0.563. The molecule has 3 nitrogen and oxygen atoms in total. The van der Waals surface area contributed by atoms with Crippen molar-refractivity contribution in [2.75, 3.05) is 7.11 Å². The van der Waals surface area contributed by atoms with E-state index in [0.717, 1.165) is 0 Å². The zero-order chi connectivity index (χ0) is 14.8. The molecular formula is C15H27NO2. The highest BCUT2D eigenvalue weighted by atomic mass is 16.5. The van der Waals surface area contributed by atoms with Gasteiger partial charge in [0.25, 0.3) is 0 Å². The van der Waals surface area contributed by atoms with E-state index in [9.17, 15) is 10.1 Å². The van der Waals surface area contributed by atoms with E-state index < -0.39 is 10.8 Å². The minimum absolute atomic E-state index is 0.165. The molecule has 0 heterocycles. The topological polar surface area (TPSA) is 50.1 Å². The Morgan fingerprint density at radius 1 is 1.22 bits per heavy atom. The van der Waals surface area contributed by atoms with Crippen LogP contribution in [0.3, 0.4) is 0 Å². The van der Waals surface area contributed by atoms with Crippen LogP contribution in [0.4, 0.5) is 0 Å². The lowest BCUT2D eigenvalue weighted by Crippen LogP contribution is -2.43. The summed E-state index contributed by atoms with van der Waals surface area (Å²) in [5.41, 5.74) is -1.32. The first-order valence-electron chi connectivity index (χ1n) is 6.44. The van der Waals surface area contributed by atoms with Gasteiger partial charge in [-0.15, -0.1) is 0 Å². The molecule has 0 aromatic rings. The molecule has 0 aliphatic carbocycles. The largest absolute Gasteiger partial charge is 0.469 e.